The van der Waals surface area contributed by atoms with Gasteiger partial charge in [0.25, 0.3) is 0 Å². The van der Waals surface area contributed by atoms with Crippen LogP contribution in [0.25, 0.3) is 0 Å². The van der Waals surface area contributed by atoms with Crippen LogP contribution < -0.4 is 5.32 Å². The second-order valence-electron chi connectivity index (χ2n) is 4.87. The molecule has 1 atom stereocenters. The summed E-state index contributed by atoms with van der Waals surface area (Å²) in [6.45, 7) is 5.79. The summed E-state index contributed by atoms with van der Waals surface area (Å²) in [6.07, 6.45) is 0. The van der Waals surface area contributed by atoms with Crippen molar-refractivity contribution in [1.29, 1.82) is 0 Å². The number of carbonyl (C=O) groups excluding carboxylic acids is 1. The molecule has 6 heteroatoms. The maximum absolute atomic E-state index is 11.9. The maximum Gasteiger partial charge on any atom is 0.230 e. The molecule has 1 unspecified atom stereocenters. The fourth-order valence-corrected chi connectivity index (χ4v) is 2.74. The third kappa shape index (κ3) is 4.60. The second kappa shape index (κ2) is 7.26. The van der Waals surface area contributed by atoms with Crippen LogP contribution in [0, 0.1) is 13.8 Å². The van der Waals surface area contributed by atoms with Crippen molar-refractivity contribution in [3.63, 3.8) is 0 Å². The quantitative estimate of drug-likeness (QED) is 0.889. The van der Waals surface area contributed by atoms with Crippen molar-refractivity contribution in [3.05, 3.63) is 47.1 Å². The van der Waals surface area contributed by atoms with Crippen LogP contribution in [0.2, 0.25) is 0 Å². The van der Waals surface area contributed by atoms with Gasteiger partial charge in [0.1, 0.15) is 0 Å². The Bertz CT molecular complexity index is 612. The first-order chi connectivity index (χ1) is 10.1. The van der Waals surface area contributed by atoms with Gasteiger partial charge in [0.2, 0.25) is 11.8 Å². The van der Waals surface area contributed by atoms with E-state index in [-0.39, 0.29) is 11.9 Å². The van der Waals surface area contributed by atoms with E-state index in [2.05, 4.69) is 15.5 Å². The molecule has 2 aromatic rings. The number of hydrogen-bond donors (Lipinski definition) is 1. The minimum absolute atomic E-state index is 0.00622. The standard InChI is InChI=1S/C15H19N3O2S/c1-10-6-4-5-7-13(10)11(2)16-15(19)9-21-8-14-17-12(3)20-18-14/h4-7,11H,8-9H2,1-3H3,(H,16,19). The number of thioether (sulfide) groups is 1. The van der Waals surface area contributed by atoms with Gasteiger partial charge in [-0.05, 0) is 25.0 Å². The average Bonchev–Trinajstić information content (AvgIpc) is 2.84. The predicted molar refractivity (Wildman–Crippen MR) is 82.9 cm³/mol. The van der Waals surface area contributed by atoms with Gasteiger partial charge in [0.15, 0.2) is 5.82 Å². The van der Waals surface area contributed by atoms with Gasteiger partial charge >= 0.3 is 0 Å². The molecular weight excluding hydrogens is 286 g/mol. The molecule has 112 valence electrons. The number of nitrogens with zero attached hydrogens (tertiary/aromatic N) is 2. The van der Waals surface area contributed by atoms with Crippen LogP contribution in [0.15, 0.2) is 28.8 Å². The minimum Gasteiger partial charge on any atom is -0.349 e. The Morgan fingerprint density at radius 3 is 2.81 bits per heavy atom. The molecule has 1 aromatic carbocycles. The Kier molecular flexibility index (Phi) is 5.38. The normalized spacial score (nSPS) is 12.1. The zero-order chi connectivity index (χ0) is 15.2. The van der Waals surface area contributed by atoms with Crippen LogP contribution in [-0.2, 0) is 10.5 Å². The van der Waals surface area contributed by atoms with Gasteiger partial charge in [-0.25, -0.2) is 0 Å². The molecule has 0 fully saturated rings. The Hall–Kier alpha value is -1.82. The first-order valence-corrected chi connectivity index (χ1v) is 7.93. The monoisotopic (exact) mass is 305 g/mol. The van der Waals surface area contributed by atoms with Crippen LogP contribution in [0.3, 0.4) is 0 Å². The summed E-state index contributed by atoms with van der Waals surface area (Å²) in [5, 5.41) is 6.80. The van der Waals surface area contributed by atoms with E-state index in [0.717, 1.165) is 5.56 Å². The molecule has 0 saturated heterocycles. The lowest BCUT2D eigenvalue weighted by Crippen LogP contribution is -2.28. The highest BCUT2D eigenvalue weighted by Gasteiger charge is 2.11. The Balaban J connectivity index is 1.78. The van der Waals surface area contributed by atoms with Crippen molar-refractivity contribution >= 4 is 17.7 Å². The van der Waals surface area contributed by atoms with Gasteiger partial charge in [-0.15, -0.1) is 11.8 Å². The topological polar surface area (TPSA) is 68.0 Å². The number of carbonyl (C=O) groups is 1. The number of rotatable bonds is 6. The molecule has 0 aliphatic carbocycles. The molecule has 5 nitrogen and oxygen atoms in total. The molecule has 0 aliphatic heterocycles. The zero-order valence-corrected chi connectivity index (χ0v) is 13.2. The number of aryl methyl sites for hydroxylation is 2. The van der Waals surface area contributed by atoms with E-state index >= 15 is 0 Å². The van der Waals surface area contributed by atoms with Crippen LogP contribution in [-0.4, -0.2) is 21.8 Å². The highest BCUT2D eigenvalue weighted by molar-refractivity contribution is 7.99. The summed E-state index contributed by atoms with van der Waals surface area (Å²) in [6, 6.07) is 8.07. The Morgan fingerprint density at radius 2 is 2.14 bits per heavy atom. The van der Waals surface area contributed by atoms with Crippen molar-refractivity contribution in [2.24, 2.45) is 0 Å². The molecule has 2 rings (SSSR count). The molecule has 0 aliphatic rings. The summed E-state index contributed by atoms with van der Waals surface area (Å²) in [5.41, 5.74) is 2.32. The summed E-state index contributed by atoms with van der Waals surface area (Å²) in [4.78, 5) is 16.0. The molecule has 0 saturated carbocycles. The van der Waals surface area contributed by atoms with Gasteiger partial charge in [0.05, 0.1) is 17.5 Å². The van der Waals surface area contributed by atoms with Crippen LogP contribution in [0.4, 0.5) is 0 Å². The van der Waals surface area contributed by atoms with Crippen molar-refractivity contribution in [3.8, 4) is 0 Å². The van der Waals surface area contributed by atoms with E-state index in [9.17, 15) is 4.79 Å². The smallest absolute Gasteiger partial charge is 0.230 e. The number of aromatic nitrogens is 2. The second-order valence-corrected chi connectivity index (χ2v) is 5.85. The maximum atomic E-state index is 11.9. The van der Waals surface area contributed by atoms with E-state index in [0.29, 0.717) is 23.2 Å². The van der Waals surface area contributed by atoms with Crippen LogP contribution in [0.5, 0.6) is 0 Å². The van der Waals surface area contributed by atoms with Crippen LogP contribution in [0.1, 0.15) is 35.8 Å². The van der Waals surface area contributed by atoms with Gasteiger partial charge in [-0.3, -0.25) is 4.79 Å². The summed E-state index contributed by atoms with van der Waals surface area (Å²) in [7, 11) is 0. The van der Waals surface area contributed by atoms with Gasteiger partial charge in [-0.2, -0.15) is 4.98 Å². The molecule has 0 bridgehead atoms. The van der Waals surface area contributed by atoms with E-state index < -0.39 is 0 Å². The van der Waals surface area contributed by atoms with E-state index in [1.165, 1.54) is 17.3 Å². The summed E-state index contributed by atoms with van der Waals surface area (Å²) < 4.78 is 4.88. The molecule has 0 spiro atoms. The summed E-state index contributed by atoms with van der Waals surface area (Å²) >= 11 is 1.47. The fraction of sp³-hybridized carbons (Fsp3) is 0.400. The first kappa shape index (κ1) is 15.6. The lowest BCUT2D eigenvalue weighted by Gasteiger charge is -2.16. The van der Waals surface area contributed by atoms with Gasteiger partial charge in [-0.1, -0.05) is 29.4 Å². The minimum atomic E-state index is 0.00622. The molecular formula is C15H19N3O2S. The Morgan fingerprint density at radius 1 is 1.38 bits per heavy atom. The zero-order valence-electron chi connectivity index (χ0n) is 12.4. The fourth-order valence-electron chi connectivity index (χ4n) is 2.07. The van der Waals surface area contributed by atoms with Crippen molar-refractivity contribution in [2.75, 3.05) is 5.75 Å². The molecule has 21 heavy (non-hydrogen) atoms. The van der Waals surface area contributed by atoms with Gasteiger partial charge < -0.3 is 9.84 Å². The average molecular weight is 305 g/mol. The van der Waals surface area contributed by atoms with E-state index in [4.69, 9.17) is 4.52 Å². The highest BCUT2D eigenvalue weighted by Crippen LogP contribution is 2.17. The predicted octanol–water partition coefficient (Wildman–Crippen LogP) is 2.80. The van der Waals surface area contributed by atoms with Crippen molar-refractivity contribution in [1.82, 2.24) is 15.5 Å². The number of benzene rings is 1. The molecule has 1 aromatic heterocycles. The number of amides is 1. The SMILES string of the molecule is Cc1nc(CSCC(=O)NC(C)c2ccccc2C)no1. The van der Waals surface area contributed by atoms with E-state index in [1.54, 1.807) is 6.92 Å². The number of nitrogens with one attached hydrogen (secondary N) is 1. The lowest BCUT2D eigenvalue weighted by atomic mass is 10.0. The van der Waals surface area contributed by atoms with E-state index in [1.807, 2.05) is 38.1 Å². The first-order valence-electron chi connectivity index (χ1n) is 6.78. The Labute approximate surface area is 128 Å². The number of hydrogen-bond acceptors (Lipinski definition) is 5. The summed E-state index contributed by atoms with van der Waals surface area (Å²) in [5.74, 6) is 2.13. The lowest BCUT2D eigenvalue weighted by molar-refractivity contribution is -0.119. The van der Waals surface area contributed by atoms with Crippen molar-refractivity contribution < 1.29 is 9.32 Å². The largest absolute Gasteiger partial charge is 0.349 e. The van der Waals surface area contributed by atoms with Gasteiger partial charge in [0, 0.05) is 6.92 Å². The molecule has 0 radical (unpaired) electrons. The third-order valence-corrected chi connectivity index (χ3v) is 4.00. The van der Waals surface area contributed by atoms with Crippen molar-refractivity contribution in [2.45, 2.75) is 32.6 Å². The molecule has 1 amide bonds. The molecule has 1 N–H and O–H groups in total. The highest BCUT2D eigenvalue weighted by atomic mass is 32.2. The molecule has 1 heterocycles. The van der Waals surface area contributed by atoms with Crippen LogP contribution >= 0.6 is 11.8 Å². The third-order valence-electron chi connectivity index (χ3n) is 3.07.